The number of thiazole rings is 1. The van der Waals surface area contributed by atoms with Gasteiger partial charge in [-0.15, -0.1) is 17.9 Å². The van der Waals surface area contributed by atoms with E-state index in [9.17, 15) is 9.59 Å². The van der Waals surface area contributed by atoms with Crippen LogP contribution < -0.4 is 0 Å². The van der Waals surface area contributed by atoms with Crippen LogP contribution in [0.15, 0.2) is 43.1 Å². The van der Waals surface area contributed by atoms with Crippen molar-refractivity contribution >= 4 is 23.1 Å². The molecular weight excluding hydrogens is 374 g/mol. The Balaban J connectivity index is 1.71. The zero-order valence-corrected chi connectivity index (χ0v) is 16.9. The highest BCUT2D eigenvalue weighted by molar-refractivity contribution is 7.17. The van der Waals surface area contributed by atoms with E-state index in [-0.39, 0.29) is 12.4 Å². The summed E-state index contributed by atoms with van der Waals surface area (Å²) in [5.74, 6) is -0.783. The van der Waals surface area contributed by atoms with Crippen LogP contribution in [-0.4, -0.2) is 32.9 Å². The first-order chi connectivity index (χ1) is 13.4. The third-order valence-corrected chi connectivity index (χ3v) is 5.55. The quantitative estimate of drug-likeness (QED) is 0.341. The monoisotopic (exact) mass is 395 g/mol. The second-order valence-electron chi connectivity index (χ2n) is 6.33. The highest BCUT2D eigenvalue weighted by atomic mass is 32.1. The van der Waals surface area contributed by atoms with Gasteiger partial charge in [0.15, 0.2) is 6.61 Å². The van der Waals surface area contributed by atoms with Crippen molar-refractivity contribution in [3.8, 4) is 10.7 Å². The number of aryl methyl sites for hydroxylation is 2. The van der Waals surface area contributed by atoms with Gasteiger partial charge in [0.05, 0.1) is 11.4 Å². The first kappa shape index (κ1) is 19.7. The summed E-state index contributed by atoms with van der Waals surface area (Å²) in [7, 11) is 0. The van der Waals surface area contributed by atoms with Gasteiger partial charge < -0.3 is 9.30 Å². The number of ketones is 1. The number of hydrogen-bond donors (Lipinski definition) is 0. The molecule has 0 aliphatic heterocycles. The lowest BCUT2D eigenvalue weighted by atomic mass is 10.1. The minimum absolute atomic E-state index is 0.233. The number of hydrogen-bond acceptors (Lipinski definition) is 6. The summed E-state index contributed by atoms with van der Waals surface area (Å²) in [5.41, 5.74) is 3.62. The molecule has 0 aliphatic carbocycles. The molecule has 0 radical (unpaired) electrons. The molecule has 0 amide bonds. The van der Waals surface area contributed by atoms with Crippen LogP contribution in [0, 0.1) is 20.8 Å². The van der Waals surface area contributed by atoms with Crippen LogP contribution in [-0.2, 0) is 11.3 Å². The first-order valence-electron chi connectivity index (χ1n) is 8.79. The summed E-state index contributed by atoms with van der Waals surface area (Å²) in [4.78, 5) is 34.0. The number of ether oxygens (including phenoxy) is 1. The van der Waals surface area contributed by atoms with Crippen LogP contribution in [0.25, 0.3) is 10.7 Å². The standard InChI is InChI=1S/C21H21N3O3S/c1-5-10-24-13(2)11-16(15(24)4)18(25)12-27-21(26)19-14(3)23-20(28-19)17-8-6-7-9-22-17/h5-9,11H,1,10,12H2,2-4H3. The van der Waals surface area contributed by atoms with Gasteiger partial charge in [0.2, 0.25) is 5.78 Å². The van der Waals surface area contributed by atoms with E-state index in [0.717, 1.165) is 11.4 Å². The number of allylic oxidation sites excluding steroid dienone is 1. The number of aromatic nitrogens is 3. The van der Waals surface area contributed by atoms with Crippen LogP contribution in [0.3, 0.4) is 0 Å². The third kappa shape index (κ3) is 3.94. The van der Waals surface area contributed by atoms with Crippen LogP contribution in [0.5, 0.6) is 0 Å². The Labute approximate surface area is 167 Å². The molecule has 0 fully saturated rings. The molecule has 3 heterocycles. The van der Waals surface area contributed by atoms with Gasteiger partial charge >= 0.3 is 5.97 Å². The molecule has 0 saturated carbocycles. The first-order valence-corrected chi connectivity index (χ1v) is 9.60. The zero-order chi connectivity index (χ0) is 20.3. The molecular formula is C21H21N3O3S. The van der Waals surface area contributed by atoms with Crippen molar-refractivity contribution in [2.45, 2.75) is 27.3 Å². The number of esters is 1. The Morgan fingerprint density at radius 2 is 2.07 bits per heavy atom. The molecule has 3 aromatic rings. The van der Waals surface area contributed by atoms with E-state index >= 15 is 0 Å². The van der Waals surface area contributed by atoms with Gasteiger partial charge in [-0.1, -0.05) is 12.1 Å². The van der Waals surface area contributed by atoms with Gasteiger partial charge in [0, 0.05) is 29.7 Å². The second-order valence-corrected chi connectivity index (χ2v) is 7.33. The van der Waals surface area contributed by atoms with Crippen molar-refractivity contribution in [1.82, 2.24) is 14.5 Å². The van der Waals surface area contributed by atoms with Crippen molar-refractivity contribution in [3.63, 3.8) is 0 Å². The van der Waals surface area contributed by atoms with Crippen LogP contribution in [0.1, 0.15) is 37.1 Å². The van der Waals surface area contributed by atoms with Gasteiger partial charge in [-0.05, 0) is 39.0 Å². The summed E-state index contributed by atoms with van der Waals surface area (Å²) in [6, 6.07) is 7.32. The van der Waals surface area contributed by atoms with Crippen molar-refractivity contribution in [2.75, 3.05) is 6.61 Å². The molecule has 144 valence electrons. The van der Waals surface area contributed by atoms with E-state index in [1.807, 2.05) is 42.7 Å². The fourth-order valence-corrected chi connectivity index (χ4v) is 3.89. The summed E-state index contributed by atoms with van der Waals surface area (Å²) in [6.45, 7) is 9.59. The molecule has 28 heavy (non-hydrogen) atoms. The van der Waals surface area contributed by atoms with Gasteiger partial charge in [-0.25, -0.2) is 9.78 Å². The van der Waals surface area contributed by atoms with Crippen LogP contribution in [0.4, 0.5) is 0 Å². The summed E-state index contributed by atoms with van der Waals surface area (Å²) in [5, 5.41) is 0.643. The molecule has 0 bridgehead atoms. The van der Waals surface area contributed by atoms with E-state index < -0.39 is 5.97 Å². The van der Waals surface area contributed by atoms with Crippen molar-refractivity contribution in [3.05, 3.63) is 70.6 Å². The third-order valence-electron chi connectivity index (χ3n) is 4.39. The van der Waals surface area contributed by atoms with E-state index in [0.29, 0.717) is 33.4 Å². The minimum Gasteiger partial charge on any atom is -0.453 e. The lowest BCUT2D eigenvalue weighted by Gasteiger charge is -2.06. The molecule has 0 saturated heterocycles. The normalized spacial score (nSPS) is 10.7. The Hall–Kier alpha value is -3.06. The Morgan fingerprint density at radius 3 is 2.75 bits per heavy atom. The smallest absolute Gasteiger partial charge is 0.350 e. The van der Waals surface area contributed by atoms with Gasteiger partial charge in [0.25, 0.3) is 0 Å². The second kappa shape index (κ2) is 8.31. The lowest BCUT2D eigenvalue weighted by molar-refractivity contribution is 0.0478. The fourth-order valence-electron chi connectivity index (χ4n) is 2.95. The molecule has 0 atom stereocenters. The van der Waals surface area contributed by atoms with Crippen LogP contribution >= 0.6 is 11.3 Å². The number of rotatable bonds is 7. The molecule has 0 aliphatic rings. The van der Waals surface area contributed by atoms with Crippen molar-refractivity contribution in [1.29, 1.82) is 0 Å². The molecule has 0 spiro atoms. The maximum atomic E-state index is 12.5. The molecule has 7 heteroatoms. The van der Waals surface area contributed by atoms with E-state index in [4.69, 9.17) is 4.74 Å². The summed E-state index contributed by atoms with van der Waals surface area (Å²) < 4.78 is 7.27. The van der Waals surface area contributed by atoms with Crippen LogP contribution in [0.2, 0.25) is 0 Å². The SMILES string of the molecule is C=CCn1c(C)cc(C(=O)COC(=O)c2sc(-c3ccccn3)nc2C)c1C. The maximum Gasteiger partial charge on any atom is 0.350 e. The Bertz CT molecular complexity index is 1030. The van der Waals surface area contributed by atoms with Crippen molar-refractivity contribution < 1.29 is 14.3 Å². The predicted octanol–water partition coefficient (Wildman–Crippen LogP) is 4.16. The fraction of sp³-hybridized carbons (Fsp3) is 0.238. The number of nitrogens with zero attached hydrogens (tertiary/aromatic N) is 3. The predicted molar refractivity (Wildman–Crippen MR) is 109 cm³/mol. The van der Waals surface area contributed by atoms with Gasteiger partial charge in [-0.2, -0.15) is 0 Å². The minimum atomic E-state index is -0.551. The number of pyridine rings is 1. The van der Waals surface area contributed by atoms with Crippen molar-refractivity contribution in [2.24, 2.45) is 0 Å². The van der Waals surface area contributed by atoms with E-state index in [1.54, 1.807) is 19.2 Å². The molecule has 0 unspecified atom stereocenters. The number of carbonyl (C=O) groups excluding carboxylic acids is 2. The average Bonchev–Trinajstić information content (AvgIpc) is 3.22. The highest BCUT2D eigenvalue weighted by Gasteiger charge is 2.21. The molecule has 6 nitrogen and oxygen atoms in total. The number of carbonyl (C=O) groups is 2. The Morgan fingerprint density at radius 1 is 1.29 bits per heavy atom. The summed E-state index contributed by atoms with van der Waals surface area (Å²) >= 11 is 1.21. The molecule has 0 aromatic carbocycles. The Kier molecular flexibility index (Phi) is 5.84. The maximum absolute atomic E-state index is 12.5. The zero-order valence-electron chi connectivity index (χ0n) is 16.1. The average molecular weight is 395 g/mol. The molecule has 3 aromatic heterocycles. The van der Waals surface area contributed by atoms with Gasteiger partial charge in [-0.3, -0.25) is 9.78 Å². The topological polar surface area (TPSA) is 74.1 Å². The molecule has 0 N–H and O–H groups in total. The van der Waals surface area contributed by atoms with E-state index in [1.165, 1.54) is 11.3 Å². The van der Waals surface area contributed by atoms with E-state index in [2.05, 4.69) is 16.5 Å². The number of Topliss-reactive ketones (excluding diaryl/α,β-unsaturated/α-hetero) is 1. The largest absolute Gasteiger partial charge is 0.453 e. The highest BCUT2D eigenvalue weighted by Crippen LogP contribution is 2.27. The summed E-state index contributed by atoms with van der Waals surface area (Å²) in [6.07, 6.45) is 3.45. The van der Waals surface area contributed by atoms with Gasteiger partial charge in [0.1, 0.15) is 9.88 Å². The molecule has 3 rings (SSSR count). The lowest BCUT2D eigenvalue weighted by Crippen LogP contribution is -2.15.